The van der Waals surface area contributed by atoms with Gasteiger partial charge in [0, 0.05) is 31.1 Å². The van der Waals surface area contributed by atoms with E-state index >= 15 is 0 Å². The van der Waals surface area contributed by atoms with Crippen LogP contribution in [0.2, 0.25) is 0 Å². The van der Waals surface area contributed by atoms with E-state index in [9.17, 15) is 9.59 Å². The summed E-state index contributed by atoms with van der Waals surface area (Å²) in [5, 5.41) is 0.829. The highest BCUT2D eigenvalue weighted by molar-refractivity contribution is 6.00. The minimum Gasteiger partial charge on any atom is -0.489 e. The van der Waals surface area contributed by atoms with Crippen molar-refractivity contribution in [1.29, 1.82) is 0 Å². The van der Waals surface area contributed by atoms with Gasteiger partial charge in [0.25, 0.3) is 5.91 Å². The van der Waals surface area contributed by atoms with Crippen LogP contribution in [0, 0.1) is 0 Å². The average molecular weight is 394 g/mol. The van der Waals surface area contributed by atoms with Crippen molar-refractivity contribution in [3.63, 3.8) is 0 Å². The van der Waals surface area contributed by atoms with Gasteiger partial charge in [0.1, 0.15) is 17.9 Å². The van der Waals surface area contributed by atoms with E-state index in [0.717, 1.165) is 5.39 Å². The molecule has 2 aromatic carbocycles. The molecule has 0 atom stereocenters. The van der Waals surface area contributed by atoms with Crippen molar-refractivity contribution in [3.8, 4) is 5.75 Å². The molecule has 0 saturated carbocycles. The van der Waals surface area contributed by atoms with Crippen molar-refractivity contribution < 1.29 is 18.7 Å². The summed E-state index contributed by atoms with van der Waals surface area (Å²) in [6.45, 7) is 5.25. The van der Waals surface area contributed by atoms with Crippen molar-refractivity contribution in [2.45, 2.75) is 20.5 Å². The molecule has 2 amide bonds. The molecule has 0 aliphatic heterocycles. The van der Waals surface area contributed by atoms with Gasteiger partial charge in [-0.1, -0.05) is 36.4 Å². The van der Waals surface area contributed by atoms with Gasteiger partial charge in [-0.2, -0.15) is 0 Å². The average Bonchev–Trinajstić information content (AvgIpc) is 3.11. The molecule has 0 saturated heterocycles. The third kappa shape index (κ3) is 4.59. The van der Waals surface area contributed by atoms with E-state index in [4.69, 9.17) is 9.15 Å². The Hall–Kier alpha value is -3.28. The number of nitrogens with zero attached hydrogens (tertiary/aromatic N) is 2. The lowest BCUT2D eigenvalue weighted by Crippen LogP contribution is -2.41. The summed E-state index contributed by atoms with van der Waals surface area (Å²) in [6.07, 6.45) is 0. The van der Waals surface area contributed by atoms with Crippen molar-refractivity contribution >= 4 is 22.8 Å². The summed E-state index contributed by atoms with van der Waals surface area (Å²) in [7, 11) is 1.61. The van der Waals surface area contributed by atoms with Gasteiger partial charge in [-0.3, -0.25) is 9.59 Å². The molecule has 0 bridgehead atoms. The van der Waals surface area contributed by atoms with Crippen LogP contribution in [-0.4, -0.2) is 48.3 Å². The lowest BCUT2D eigenvalue weighted by atomic mass is 10.1. The van der Waals surface area contributed by atoms with E-state index in [1.165, 1.54) is 4.90 Å². The van der Waals surface area contributed by atoms with Gasteiger partial charge < -0.3 is 19.0 Å². The van der Waals surface area contributed by atoms with E-state index in [1.807, 2.05) is 68.4 Å². The number of hydrogen-bond acceptors (Lipinski definition) is 4. The summed E-state index contributed by atoms with van der Waals surface area (Å²) in [5.74, 6) is 0.482. The first-order chi connectivity index (χ1) is 14.0. The minimum atomic E-state index is -0.339. The third-order valence-corrected chi connectivity index (χ3v) is 4.85. The van der Waals surface area contributed by atoms with Crippen molar-refractivity contribution in [2.75, 3.05) is 26.7 Å². The van der Waals surface area contributed by atoms with E-state index in [0.29, 0.717) is 30.0 Å². The SMILES string of the molecule is CCN(CC)C(=O)CN(C)C(=O)c1oc2ccccc2c1COc1ccccc1. The zero-order chi connectivity index (χ0) is 20.8. The standard InChI is InChI=1S/C23H26N2O4/c1-4-25(5-2)21(26)15-24(3)23(27)22-19(16-28-17-11-7-6-8-12-17)18-13-9-10-14-20(18)29-22/h6-14H,4-5,15-16H2,1-3H3. The second-order valence-corrected chi connectivity index (χ2v) is 6.73. The maximum Gasteiger partial charge on any atom is 0.290 e. The van der Waals surface area contributed by atoms with Gasteiger partial charge in [-0.05, 0) is 32.0 Å². The Balaban J connectivity index is 1.85. The molecule has 1 aromatic heterocycles. The van der Waals surface area contributed by atoms with Gasteiger partial charge in [-0.15, -0.1) is 0 Å². The normalized spacial score (nSPS) is 10.7. The zero-order valence-electron chi connectivity index (χ0n) is 17.1. The number of furan rings is 1. The Labute approximate surface area is 170 Å². The number of likely N-dealkylation sites (N-methyl/N-ethyl adjacent to an activating group) is 2. The van der Waals surface area contributed by atoms with Crippen molar-refractivity contribution in [1.82, 2.24) is 9.80 Å². The fraction of sp³-hybridized carbons (Fsp3) is 0.304. The van der Waals surface area contributed by atoms with Crippen LogP contribution in [0.1, 0.15) is 30.0 Å². The number of benzene rings is 2. The Bertz CT molecular complexity index is 977. The van der Waals surface area contributed by atoms with Gasteiger partial charge in [0.15, 0.2) is 5.76 Å². The molecular weight excluding hydrogens is 368 g/mol. The van der Waals surface area contributed by atoms with Gasteiger partial charge >= 0.3 is 0 Å². The smallest absolute Gasteiger partial charge is 0.290 e. The molecule has 3 rings (SSSR count). The monoisotopic (exact) mass is 394 g/mol. The third-order valence-electron chi connectivity index (χ3n) is 4.85. The fourth-order valence-corrected chi connectivity index (χ4v) is 3.21. The van der Waals surface area contributed by atoms with Crippen molar-refractivity contribution in [3.05, 3.63) is 65.9 Å². The van der Waals surface area contributed by atoms with E-state index < -0.39 is 0 Å². The molecule has 152 valence electrons. The molecule has 0 fully saturated rings. The number of carbonyl (C=O) groups excluding carboxylic acids is 2. The van der Waals surface area contributed by atoms with Crippen LogP contribution in [0.3, 0.4) is 0 Å². The lowest BCUT2D eigenvalue weighted by Gasteiger charge is -2.22. The number of hydrogen-bond donors (Lipinski definition) is 0. The lowest BCUT2D eigenvalue weighted by molar-refractivity contribution is -0.131. The van der Waals surface area contributed by atoms with E-state index in [2.05, 4.69) is 0 Å². The minimum absolute atomic E-state index is 0.00343. The van der Waals surface area contributed by atoms with E-state index in [-0.39, 0.29) is 30.7 Å². The molecule has 0 aliphatic rings. The summed E-state index contributed by atoms with van der Waals surface area (Å²) in [5.41, 5.74) is 1.29. The topological polar surface area (TPSA) is 63.0 Å². The molecule has 29 heavy (non-hydrogen) atoms. The predicted octanol–water partition coefficient (Wildman–Crippen LogP) is 3.95. The summed E-state index contributed by atoms with van der Waals surface area (Å²) < 4.78 is 11.7. The quantitative estimate of drug-likeness (QED) is 0.580. The number of para-hydroxylation sites is 2. The predicted molar refractivity (Wildman–Crippen MR) is 112 cm³/mol. The Morgan fingerprint density at radius 3 is 2.31 bits per heavy atom. The second kappa shape index (κ2) is 9.28. The molecular formula is C23H26N2O4. The largest absolute Gasteiger partial charge is 0.489 e. The summed E-state index contributed by atoms with van der Waals surface area (Å²) >= 11 is 0. The maximum atomic E-state index is 13.1. The van der Waals surface area contributed by atoms with Crippen LogP contribution in [-0.2, 0) is 11.4 Å². The molecule has 6 nitrogen and oxygen atoms in total. The number of amides is 2. The van der Waals surface area contributed by atoms with Crippen LogP contribution in [0.15, 0.2) is 59.0 Å². The number of rotatable bonds is 8. The zero-order valence-corrected chi connectivity index (χ0v) is 17.1. The summed E-state index contributed by atoms with van der Waals surface area (Å²) in [6, 6.07) is 16.9. The van der Waals surface area contributed by atoms with Gasteiger partial charge in [-0.25, -0.2) is 0 Å². The Morgan fingerprint density at radius 2 is 1.62 bits per heavy atom. The molecule has 0 unspecified atom stereocenters. The number of fused-ring (bicyclic) bond motifs is 1. The highest BCUT2D eigenvalue weighted by atomic mass is 16.5. The molecule has 0 radical (unpaired) electrons. The summed E-state index contributed by atoms with van der Waals surface area (Å²) in [4.78, 5) is 28.6. The number of ether oxygens (including phenoxy) is 1. The fourth-order valence-electron chi connectivity index (χ4n) is 3.21. The molecule has 0 aliphatic carbocycles. The highest BCUT2D eigenvalue weighted by Crippen LogP contribution is 2.28. The van der Waals surface area contributed by atoms with Crippen LogP contribution >= 0.6 is 0 Å². The molecule has 1 heterocycles. The van der Waals surface area contributed by atoms with E-state index in [1.54, 1.807) is 11.9 Å². The first kappa shape index (κ1) is 20.5. The molecule has 3 aromatic rings. The number of carbonyl (C=O) groups is 2. The Kier molecular flexibility index (Phi) is 6.54. The Morgan fingerprint density at radius 1 is 0.966 bits per heavy atom. The van der Waals surface area contributed by atoms with Gasteiger partial charge in [0.2, 0.25) is 5.91 Å². The molecule has 0 N–H and O–H groups in total. The molecule has 0 spiro atoms. The van der Waals surface area contributed by atoms with Crippen LogP contribution in [0.25, 0.3) is 11.0 Å². The second-order valence-electron chi connectivity index (χ2n) is 6.73. The molecule has 6 heteroatoms. The van der Waals surface area contributed by atoms with Crippen molar-refractivity contribution in [2.24, 2.45) is 0 Å². The van der Waals surface area contributed by atoms with Gasteiger partial charge in [0.05, 0.1) is 6.54 Å². The van der Waals surface area contributed by atoms with Crippen LogP contribution < -0.4 is 4.74 Å². The first-order valence-electron chi connectivity index (χ1n) is 9.76. The first-order valence-corrected chi connectivity index (χ1v) is 9.76. The highest BCUT2D eigenvalue weighted by Gasteiger charge is 2.25. The van der Waals surface area contributed by atoms with Crippen LogP contribution in [0.4, 0.5) is 0 Å². The van der Waals surface area contributed by atoms with Crippen LogP contribution in [0.5, 0.6) is 5.75 Å². The maximum absolute atomic E-state index is 13.1.